The largest absolute Gasteiger partial charge is 0.298 e. The molecule has 6 nitrogen and oxygen atoms in total. The van der Waals surface area contributed by atoms with Gasteiger partial charge in [-0.1, -0.05) is 24.2 Å². The van der Waals surface area contributed by atoms with Crippen LogP contribution in [0.3, 0.4) is 0 Å². The van der Waals surface area contributed by atoms with Crippen LogP contribution in [0.5, 0.6) is 0 Å². The molecule has 4 atom stereocenters. The standard InChI is InChI=1S/C21H26N4O2S2/c1-13(16-11-14-6-7-15(16)10-14)25-20(17-4-3-9-28-17)22-23-21(25)29-12-19(27)24-8-2-5-18(24)26/h3-4,9,13-16H,2,5-8,10-12H2,1H3/t13-,14+,15+,16-/m0/s1. The molecule has 29 heavy (non-hydrogen) atoms. The highest BCUT2D eigenvalue weighted by Gasteiger charge is 2.43. The van der Waals surface area contributed by atoms with Crippen LogP contribution >= 0.6 is 23.1 Å². The fourth-order valence-corrected chi connectivity index (χ4v) is 7.11. The minimum absolute atomic E-state index is 0.0494. The van der Waals surface area contributed by atoms with Crippen LogP contribution in [0.4, 0.5) is 0 Å². The summed E-state index contributed by atoms with van der Waals surface area (Å²) in [4.78, 5) is 26.9. The number of nitrogens with zero attached hydrogens (tertiary/aromatic N) is 4. The molecule has 1 saturated heterocycles. The molecule has 2 saturated carbocycles. The minimum atomic E-state index is -0.114. The average molecular weight is 431 g/mol. The third-order valence-electron chi connectivity index (χ3n) is 6.92. The van der Waals surface area contributed by atoms with Crippen molar-refractivity contribution in [1.29, 1.82) is 0 Å². The first kappa shape index (κ1) is 19.3. The summed E-state index contributed by atoms with van der Waals surface area (Å²) in [7, 11) is 0. The molecule has 5 rings (SSSR count). The van der Waals surface area contributed by atoms with Crippen LogP contribution in [0.1, 0.15) is 51.5 Å². The van der Waals surface area contributed by atoms with Crippen molar-refractivity contribution in [2.75, 3.05) is 12.3 Å². The second-order valence-electron chi connectivity index (χ2n) is 8.56. The molecule has 8 heteroatoms. The molecule has 2 aliphatic carbocycles. The van der Waals surface area contributed by atoms with Gasteiger partial charge in [-0.3, -0.25) is 19.1 Å². The number of carbonyl (C=O) groups excluding carboxylic acids is 2. The number of thiophene rings is 1. The van der Waals surface area contributed by atoms with Crippen molar-refractivity contribution in [3.63, 3.8) is 0 Å². The molecule has 3 heterocycles. The smallest absolute Gasteiger partial charge is 0.239 e. The molecule has 3 aliphatic rings. The summed E-state index contributed by atoms with van der Waals surface area (Å²) < 4.78 is 2.26. The van der Waals surface area contributed by atoms with E-state index in [-0.39, 0.29) is 17.6 Å². The van der Waals surface area contributed by atoms with Crippen LogP contribution in [0, 0.1) is 17.8 Å². The molecule has 0 radical (unpaired) electrons. The average Bonchev–Trinajstić information content (AvgIpc) is 3.53. The van der Waals surface area contributed by atoms with Crippen molar-refractivity contribution >= 4 is 34.9 Å². The van der Waals surface area contributed by atoms with Gasteiger partial charge in [0.1, 0.15) is 0 Å². The number of carbonyl (C=O) groups is 2. The zero-order chi connectivity index (χ0) is 20.0. The van der Waals surface area contributed by atoms with Gasteiger partial charge < -0.3 is 0 Å². The van der Waals surface area contributed by atoms with Crippen molar-refractivity contribution in [2.24, 2.45) is 17.8 Å². The van der Waals surface area contributed by atoms with Crippen LogP contribution in [-0.2, 0) is 9.59 Å². The Hall–Kier alpha value is -1.67. The Morgan fingerprint density at radius 3 is 2.90 bits per heavy atom. The summed E-state index contributed by atoms with van der Waals surface area (Å²) in [6.45, 7) is 2.84. The van der Waals surface area contributed by atoms with E-state index >= 15 is 0 Å². The van der Waals surface area contributed by atoms with Gasteiger partial charge in [-0.15, -0.1) is 21.5 Å². The van der Waals surface area contributed by atoms with Gasteiger partial charge >= 0.3 is 0 Å². The molecule has 2 aromatic heterocycles. The molecule has 154 valence electrons. The molecule has 2 amide bonds. The van der Waals surface area contributed by atoms with E-state index in [1.54, 1.807) is 11.3 Å². The van der Waals surface area contributed by atoms with E-state index in [9.17, 15) is 9.59 Å². The van der Waals surface area contributed by atoms with E-state index < -0.39 is 0 Å². The van der Waals surface area contributed by atoms with E-state index in [1.165, 1.54) is 42.3 Å². The Morgan fingerprint density at radius 1 is 1.34 bits per heavy atom. The number of rotatable bonds is 6. The van der Waals surface area contributed by atoms with Crippen LogP contribution < -0.4 is 0 Å². The minimum Gasteiger partial charge on any atom is -0.298 e. The van der Waals surface area contributed by atoms with Gasteiger partial charge in [0.25, 0.3) is 0 Å². The van der Waals surface area contributed by atoms with Crippen LogP contribution in [0.25, 0.3) is 10.7 Å². The topological polar surface area (TPSA) is 68.1 Å². The Balaban J connectivity index is 1.39. The lowest BCUT2D eigenvalue weighted by atomic mass is 9.84. The Morgan fingerprint density at radius 2 is 2.24 bits per heavy atom. The molecule has 2 aromatic rings. The van der Waals surface area contributed by atoms with E-state index in [0.717, 1.165) is 34.1 Å². The number of likely N-dealkylation sites (tertiary alicyclic amines) is 1. The van der Waals surface area contributed by atoms with Crippen LogP contribution in [0.2, 0.25) is 0 Å². The Kier molecular flexibility index (Phi) is 5.24. The van der Waals surface area contributed by atoms with E-state index in [4.69, 9.17) is 0 Å². The molecule has 0 unspecified atom stereocenters. The lowest BCUT2D eigenvalue weighted by Gasteiger charge is -2.30. The van der Waals surface area contributed by atoms with Crippen molar-refractivity contribution in [2.45, 2.75) is 56.6 Å². The first-order chi connectivity index (χ1) is 14.1. The third-order valence-corrected chi connectivity index (χ3v) is 8.72. The molecule has 2 bridgehead atoms. The first-order valence-electron chi connectivity index (χ1n) is 10.6. The quantitative estimate of drug-likeness (QED) is 0.641. The number of fused-ring (bicyclic) bond motifs is 2. The zero-order valence-corrected chi connectivity index (χ0v) is 18.3. The maximum atomic E-state index is 12.5. The number of aromatic nitrogens is 3. The highest BCUT2D eigenvalue weighted by molar-refractivity contribution is 7.99. The van der Waals surface area contributed by atoms with Crippen molar-refractivity contribution in [3.05, 3.63) is 17.5 Å². The molecular weight excluding hydrogens is 404 g/mol. The van der Waals surface area contributed by atoms with Gasteiger partial charge in [0.05, 0.1) is 10.6 Å². The van der Waals surface area contributed by atoms with Crippen LogP contribution in [0.15, 0.2) is 22.7 Å². The van der Waals surface area contributed by atoms with Crippen molar-refractivity contribution < 1.29 is 9.59 Å². The Bertz CT molecular complexity index is 910. The van der Waals surface area contributed by atoms with Gasteiger partial charge in [0.15, 0.2) is 11.0 Å². The van der Waals surface area contributed by atoms with Gasteiger partial charge in [-0.2, -0.15) is 0 Å². The molecule has 3 fully saturated rings. The summed E-state index contributed by atoms with van der Waals surface area (Å²) in [6.07, 6.45) is 6.64. The molecule has 1 aliphatic heterocycles. The number of thioether (sulfide) groups is 1. The predicted molar refractivity (Wildman–Crippen MR) is 114 cm³/mol. The van der Waals surface area contributed by atoms with Crippen molar-refractivity contribution in [3.8, 4) is 10.7 Å². The van der Waals surface area contributed by atoms with Gasteiger partial charge in [-0.25, -0.2) is 0 Å². The number of amides is 2. The fourth-order valence-electron chi connectivity index (χ4n) is 5.51. The normalized spacial score (nSPS) is 27.1. The SMILES string of the molecule is C[C@@H]([C@@H]1C[C@@H]2CC[C@@H]1C2)n1c(SCC(=O)N2CCCC2=O)nnc1-c1cccs1. The van der Waals surface area contributed by atoms with Gasteiger partial charge in [0, 0.05) is 19.0 Å². The molecule has 0 N–H and O–H groups in total. The molecule has 0 spiro atoms. The second kappa shape index (κ2) is 7.87. The van der Waals surface area contributed by atoms with Crippen molar-refractivity contribution in [1.82, 2.24) is 19.7 Å². The zero-order valence-electron chi connectivity index (χ0n) is 16.6. The summed E-state index contributed by atoms with van der Waals surface area (Å²) in [5.41, 5.74) is 0. The second-order valence-corrected chi connectivity index (χ2v) is 10.5. The summed E-state index contributed by atoms with van der Waals surface area (Å²) in [5, 5.41) is 11.8. The summed E-state index contributed by atoms with van der Waals surface area (Å²) in [6, 6.07) is 4.43. The Labute approximate surface area is 179 Å². The maximum Gasteiger partial charge on any atom is 0.239 e. The van der Waals surface area contributed by atoms with Gasteiger partial charge in [-0.05, 0) is 61.8 Å². The highest BCUT2D eigenvalue weighted by atomic mass is 32.2. The van der Waals surface area contributed by atoms with E-state index in [0.29, 0.717) is 24.9 Å². The third kappa shape index (κ3) is 3.54. The lowest BCUT2D eigenvalue weighted by molar-refractivity contribution is -0.140. The van der Waals surface area contributed by atoms with E-state index in [1.807, 2.05) is 6.07 Å². The fraction of sp³-hybridized carbons (Fsp3) is 0.619. The highest BCUT2D eigenvalue weighted by Crippen LogP contribution is 2.53. The summed E-state index contributed by atoms with van der Waals surface area (Å²) >= 11 is 3.09. The maximum absolute atomic E-state index is 12.5. The van der Waals surface area contributed by atoms with Crippen LogP contribution in [-0.4, -0.2) is 43.8 Å². The van der Waals surface area contributed by atoms with E-state index in [2.05, 4.69) is 33.1 Å². The number of imide groups is 1. The molecular formula is C21H26N4O2S2. The number of hydrogen-bond acceptors (Lipinski definition) is 6. The monoisotopic (exact) mass is 430 g/mol. The number of hydrogen-bond donors (Lipinski definition) is 0. The van der Waals surface area contributed by atoms with Gasteiger partial charge in [0.2, 0.25) is 11.8 Å². The lowest BCUT2D eigenvalue weighted by Crippen LogP contribution is -2.33. The first-order valence-corrected chi connectivity index (χ1v) is 12.4. The molecule has 0 aromatic carbocycles. The summed E-state index contributed by atoms with van der Waals surface area (Å²) in [5.74, 6) is 3.31. The predicted octanol–water partition coefficient (Wildman–Crippen LogP) is 4.24.